The molecule has 1 N–H and O–H groups in total. The number of nitrogens with one attached hydrogen (secondary N) is 1. The molecule has 2 aromatic carbocycles. The molecule has 1 saturated carbocycles. The van der Waals surface area contributed by atoms with Gasteiger partial charge in [0.05, 0.1) is 0 Å². The van der Waals surface area contributed by atoms with E-state index in [4.69, 9.17) is 0 Å². The summed E-state index contributed by atoms with van der Waals surface area (Å²) in [5.41, 5.74) is 2.84. The number of aryl methyl sites for hydroxylation is 1. The lowest BCUT2D eigenvalue weighted by molar-refractivity contribution is 0.206. The zero-order valence-corrected chi connectivity index (χ0v) is 12.6. The molecule has 0 aromatic heterocycles. The van der Waals surface area contributed by atoms with Gasteiger partial charge in [-0.3, -0.25) is 0 Å². The number of carbonyl (C=O) groups excluding carboxylic acids is 1. The summed E-state index contributed by atoms with van der Waals surface area (Å²) in [7, 11) is 0. The lowest BCUT2D eigenvalue weighted by atomic mass is 10.2. The van der Waals surface area contributed by atoms with Gasteiger partial charge in [0.2, 0.25) is 0 Å². The molecule has 0 saturated heterocycles. The minimum Gasteiger partial charge on any atom is -0.317 e. The van der Waals surface area contributed by atoms with E-state index >= 15 is 0 Å². The Balaban J connectivity index is 1.70. The summed E-state index contributed by atoms with van der Waals surface area (Å²) >= 11 is 0. The van der Waals surface area contributed by atoms with Gasteiger partial charge < -0.3 is 10.2 Å². The molecule has 3 rings (SSSR count). The third-order valence-electron chi connectivity index (χ3n) is 3.78. The molecule has 114 valence electrons. The van der Waals surface area contributed by atoms with E-state index in [0.717, 1.165) is 29.7 Å². The highest BCUT2D eigenvalue weighted by Crippen LogP contribution is 2.29. The van der Waals surface area contributed by atoms with Gasteiger partial charge in [-0.15, -0.1) is 0 Å². The molecule has 4 heteroatoms. The first-order chi connectivity index (χ1) is 10.6. The van der Waals surface area contributed by atoms with E-state index in [-0.39, 0.29) is 17.9 Å². The third kappa shape index (κ3) is 3.64. The van der Waals surface area contributed by atoms with Crippen LogP contribution in [0.1, 0.15) is 24.0 Å². The van der Waals surface area contributed by atoms with Crippen LogP contribution in [0.2, 0.25) is 0 Å². The van der Waals surface area contributed by atoms with Gasteiger partial charge in [-0.1, -0.05) is 24.3 Å². The Morgan fingerprint density at radius 3 is 2.59 bits per heavy atom. The van der Waals surface area contributed by atoms with Crippen molar-refractivity contribution in [2.75, 3.05) is 5.32 Å². The molecule has 2 amide bonds. The second kappa shape index (κ2) is 6.18. The van der Waals surface area contributed by atoms with Crippen LogP contribution in [0.3, 0.4) is 0 Å². The molecular formula is C18H19FN2O. The Morgan fingerprint density at radius 2 is 1.95 bits per heavy atom. The highest BCUT2D eigenvalue weighted by atomic mass is 19.1. The van der Waals surface area contributed by atoms with Crippen molar-refractivity contribution in [2.24, 2.45) is 0 Å². The topological polar surface area (TPSA) is 32.3 Å². The Morgan fingerprint density at radius 1 is 1.23 bits per heavy atom. The quantitative estimate of drug-likeness (QED) is 0.895. The second-order valence-electron chi connectivity index (χ2n) is 5.79. The maximum atomic E-state index is 13.0. The van der Waals surface area contributed by atoms with Crippen LogP contribution >= 0.6 is 0 Å². The summed E-state index contributed by atoms with van der Waals surface area (Å²) in [6.07, 6.45) is 2.06. The summed E-state index contributed by atoms with van der Waals surface area (Å²) in [5, 5.41) is 2.95. The lowest BCUT2D eigenvalue weighted by Gasteiger charge is -2.23. The smallest absolute Gasteiger partial charge is 0.317 e. The average molecular weight is 298 g/mol. The minimum absolute atomic E-state index is 0.0996. The van der Waals surface area contributed by atoms with E-state index < -0.39 is 0 Å². The van der Waals surface area contributed by atoms with Crippen molar-refractivity contribution in [2.45, 2.75) is 32.4 Å². The van der Waals surface area contributed by atoms with Crippen molar-refractivity contribution in [1.82, 2.24) is 4.90 Å². The van der Waals surface area contributed by atoms with Crippen LogP contribution < -0.4 is 5.32 Å². The highest BCUT2D eigenvalue weighted by Gasteiger charge is 2.32. The predicted molar refractivity (Wildman–Crippen MR) is 85.2 cm³/mol. The Hall–Kier alpha value is -2.36. The zero-order valence-electron chi connectivity index (χ0n) is 12.6. The Kier molecular flexibility index (Phi) is 4.09. The van der Waals surface area contributed by atoms with E-state index in [9.17, 15) is 9.18 Å². The molecule has 1 fully saturated rings. The van der Waals surface area contributed by atoms with Crippen molar-refractivity contribution >= 4 is 11.7 Å². The molecule has 0 aliphatic heterocycles. The van der Waals surface area contributed by atoms with Gasteiger partial charge in [0.1, 0.15) is 5.82 Å². The number of benzene rings is 2. The summed E-state index contributed by atoms with van der Waals surface area (Å²) < 4.78 is 13.0. The van der Waals surface area contributed by atoms with Crippen LogP contribution in [0.25, 0.3) is 0 Å². The van der Waals surface area contributed by atoms with Crippen LogP contribution in [-0.2, 0) is 6.54 Å². The molecule has 0 atom stereocenters. The predicted octanol–water partition coefficient (Wildman–Crippen LogP) is 4.33. The average Bonchev–Trinajstić information content (AvgIpc) is 3.31. The lowest BCUT2D eigenvalue weighted by Crippen LogP contribution is -2.36. The molecule has 0 unspecified atom stereocenters. The summed E-state index contributed by atoms with van der Waals surface area (Å²) in [5.74, 6) is -0.258. The second-order valence-corrected chi connectivity index (χ2v) is 5.79. The van der Waals surface area contributed by atoms with Crippen LogP contribution in [0.4, 0.5) is 14.9 Å². The molecule has 2 aromatic rings. The first kappa shape index (κ1) is 14.6. The van der Waals surface area contributed by atoms with Crippen LogP contribution in [0, 0.1) is 12.7 Å². The maximum absolute atomic E-state index is 13.0. The fourth-order valence-electron chi connectivity index (χ4n) is 2.46. The molecule has 0 spiro atoms. The number of anilines is 1. The molecule has 3 nitrogen and oxygen atoms in total. The minimum atomic E-state index is -0.258. The van der Waals surface area contributed by atoms with Gasteiger partial charge in [-0.25, -0.2) is 9.18 Å². The third-order valence-corrected chi connectivity index (χ3v) is 3.78. The molecule has 0 bridgehead atoms. The maximum Gasteiger partial charge on any atom is 0.322 e. The van der Waals surface area contributed by atoms with Gasteiger partial charge in [-0.05, 0) is 55.2 Å². The molecule has 22 heavy (non-hydrogen) atoms. The summed E-state index contributed by atoms with van der Waals surface area (Å²) in [4.78, 5) is 14.3. The van der Waals surface area contributed by atoms with Crippen molar-refractivity contribution in [1.29, 1.82) is 0 Å². The SMILES string of the molecule is Cc1cccc(NC(=O)N(Cc2ccc(F)cc2)C2CC2)c1. The van der Waals surface area contributed by atoms with Crippen LogP contribution in [0.15, 0.2) is 48.5 Å². The number of carbonyl (C=O) groups is 1. The van der Waals surface area contributed by atoms with E-state index in [2.05, 4.69) is 5.32 Å². The largest absolute Gasteiger partial charge is 0.322 e. The highest BCUT2D eigenvalue weighted by molar-refractivity contribution is 5.89. The van der Waals surface area contributed by atoms with E-state index in [1.165, 1.54) is 12.1 Å². The molecular weight excluding hydrogens is 279 g/mol. The van der Waals surface area contributed by atoms with Gasteiger partial charge >= 0.3 is 6.03 Å². The van der Waals surface area contributed by atoms with Crippen molar-refractivity contribution < 1.29 is 9.18 Å². The molecule has 0 radical (unpaired) electrons. The van der Waals surface area contributed by atoms with Gasteiger partial charge in [0.15, 0.2) is 0 Å². The van der Waals surface area contributed by atoms with Crippen molar-refractivity contribution in [3.63, 3.8) is 0 Å². The van der Waals surface area contributed by atoms with Crippen LogP contribution in [-0.4, -0.2) is 17.0 Å². The molecule has 0 heterocycles. The molecule has 1 aliphatic carbocycles. The van der Waals surface area contributed by atoms with Crippen molar-refractivity contribution in [3.8, 4) is 0 Å². The number of halogens is 1. The van der Waals surface area contributed by atoms with Crippen molar-refractivity contribution in [3.05, 3.63) is 65.5 Å². The summed E-state index contributed by atoms with van der Waals surface area (Å²) in [6, 6.07) is 14.2. The Labute approximate surface area is 129 Å². The monoisotopic (exact) mass is 298 g/mol. The van der Waals surface area contributed by atoms with Crippen LogP contribution in [0.5, 0.6) is 0 Å². The number of hydrogen-bond donors (Lipinski definition) is 1. The van der Waals surface area contributed by atoms with E-state index in [1.54, 1.807) is 12.1 Å². The number of hydrogen-bond acceptors (Lipinski definition) is 1. The zero-order chi connectivity index (χ0) is 15.5. The fourth-order valence-corrected chi connectivity index (χ4v) is 2.46. The van der Waals surface area contributed by atoms with E-state index in [0.29, 0.717) is 6.54 Å². The number of nitrogens with zero attached hydrogens (tertiary/aromatic N) is 1. The van der Waals surface area contributed by atoms with Gasteiger partial charge in [-0.2, -0.15) is 0 Å². The number of rotatable bonds is 4. The first-order valence-corrected chi connectivity index (χ1v) is 7.50. The fraction of sp³-hybridized carbons (Fsp3) is 0.278. The number of urea groups is 1. The van der Waals surface area contributed by atoms with Gasteiger partial charge in [0, 0.05) is 18.3 Å². The summed E-state index contributed by atoms with van der Waals surface area (Å²) in [6.45, 7) is 2.50. The Bertz CT molecular complexity index is 665. The molecule has 1 aliphatic rings. The first-order valence-electron chi connectivity index (χ1n) is 7.50. The normalized spacial score (nSPS) is 13.7. The standard InChI is InChI=1S/C18H19FN2O/c1-13-3-2-4-16(11-13)20-18(22)21(17-9-10-17)12-14-5-7-15(19)8-6-14/h2-8,11,17H,9-10,12H2,1H3,(H,20,22). The van der Waals surface area contributed by atoms with E-state index in [1.807, 2.05) is 36.1 Å². The van der Waals surface area contributed by atoms with Gasteiger partial charge in [0.25, 0.3) is 0 Å². The number of amides is 2.